The van der Waals surface area contributed by atoms with Crippen molar-refractivity contribution >= 4 is 21.7 Å². The maximum absolute atomic E-state index is 12.8. The molecule has 1 aromatic rings. The Morgan fingerprint density at radius 2 is 1.83 bits per heavy atom. The van der Waals surface area contributed by atoms with Crippen LogP contribution in [0.3, 0.4) is 0 Å². The fraction of sp³-hybridized carbons (Fsp3) is 0.789. The Balaban J connectivity index is 1.36. The second-order valence-electron chi connectivity index (χ2n) is 8.21. The molecule has 0 spiro atoms. The Morgan fingerprint density at radius 1 is 1.14 bits per heavy atom. The number of carbonyl (C=O) groups is 2. The first-order valence-corrected chi connectivity index (χ1v) is 12.2. The van der Waals surface area contributed by atoms with E-state index in [1.54, 1.807) is 23.0 Å². The third-order valence-corrected chi connectivity index (χ3v) is 7.83. The van der Waals surface area contributed by atoms with E-state index in [9.17, 15) is 18.0 Å². The molecule has 1 saturated heterocycles. The largest absolute Gasteiger partial charge is 0.353 e. The number of amides is 2. The molecule has 2 aliphatic rings. The van der Waals surface area contributed by atoms with Crippen LogP contribution < -0.4 is 5.32 Å². The SMILES string of the molecule is CN(C(=O)C1CCC(NC(=O)CCCn2cncn2)CC1)C1CCS(=O)(=O)CC1. The van der Waals surface area contributed by atoms with E-state index in [0.717, 1.165) is 25.7 Å². The molecule has 1 aliphatic carbocycles. The van der Waals surface area contributed by atoms with E-state index in [4.69, 9.17) is 0 Å². The van der Waals surface area contributed by atoms with Gasteiger partial charge in [-0.1, -0.05) is 0 Å². The van der Waals surface area contributed by atoms with E-state index in [-0.39, 0.29) is 41.3 Å². The second-order valence-corrected chi connectivity index (χ2v) is 10.5. The van der Waals surface area contributed by atoms with Crippen LogP contribution in [-0.4, -0.2) is 70.5 Å². The van der Waals surface area contributed by atoms with Crippen LogP contribution in [0.1, 0.15) is 51.4 Å². The van der Waals surface area contributed by atoms with Gasteiger partial charge in [0.1, 0.15) is 22.5 Å². The molecule has 0 aromatic carbocycles. The normalized spacial score (nSPS) is 24.7. The van der Waals surface area contributed by atoms with E-state index in [1.807, 2.05) is 0 Å². The minimum atomic E-state index is -2.92. The summed E-state index contributed by atoms with van der Waals surface area (Å²) >= 11 is 0. The summed E-state index contributed by atoms with van der Waals surface area (Å²) in [6.07, 6.45) is 8.48. The summed E-state index contributed by atoms with van der Waals surface area (Å²) in [5, 5.41) is 7.10. The first-order valence-electron chi connectivity index (χ1n) is 10.4. The van der Waals surface area contributed by atoms with Crippen molar-refractivity contribution in [1.29, 1.82) is 0 Å². The van der Waals surface area contributed by atoms with Crippen LogP contribution in [0.4, 0.5) is 0 Å². The molecule has 2 heterocycles. The average molecular weight is 426 g/mol. The van der Waals surface area contributed by atoms with Gasteiger partial charge >= 0.3 is 0 Å². The van der Waals surface area contributed by atoms with E-state index in [0.29, 0.717) is 32.2 Å². The smallest absolute Gasteiger partial charge is 0.225 e. The van der Waals surface area contributed by atoms with Gasteiger partial charge in [0.2, 0.25) is 11.8 Å². The van der Waals surface area contributed by atoms with Gasteiger partial charge in [0.25, 0.3) is 0 Å². The van der Waals surface area contributed by atoms with Gasteiger partial charge in [0.15, 0.2) is 0 Å². The zero-order valence-corrected chi connectivity index (χ0v) is 17.8. The molecule has 0 atom stereocenters. The summed E-state index contributed by atoms with van der Waals surface area (Å²) in [7, 11) is -1.12. The molecule has 162 valence electrons. The lowest BCUT2D eigenvalue weighted by atomic mass is 9.84. The summed E-state index contributed by atoms with van der Waals surface area (Å²) in [5.41, 5.74) is 0. The van der Waals surface area contributed by atoms with Crippen LogP contribution in [0.25, 0.3) is 0 Å². The lowest BCUT2D eigenvalue weighted by molar-refractivity contribution is -0.137. The third kappa shape index (κ3) is 6.25. The van der Waals surface area contributed by atoms with E-state index in [1.165, 1.54) is 6.33 Å². The van der Waals surface area contributed by atoms with Crippen molar-refractivity contribution in [2.75, 3.05) is 18.6 Å². The van der Waals surface area contributed by atoms with Gasteiger partial charge in [-0.2, -0.15) is 5.10 Å². The lowest BCUT2D eigenvalue weighted by Gasteiger charge is -2.36. The Hall–Kier alpha value is -1.97. The minimum absolute atomic E-state index is 0.0217. The Labute approximate surface area is 172 Å². The molecular weight excluding hydrogens is 394 g/mol. The van der Waals surface area contributed by atoms with E-state index < -0.39 is 9.84 Å². The van der Waals surface area contributed by atoms with Gasteiger partial charge in [-0.25, -0.2) is 13.4 Å². The molecule has 10 heteroatoms. The maximum atomic E-state index is 12.8. The van der Waals surface area contributed by atoms with Crippen LogP contribution in [0.2, 0.25) is 0 Å². The zero-order chi connectivity index (χ0) is 20.9. The number of aromatic nitrogens is 3. The molecule has 1 aliphatic heterocycles. The number of carbonyl (C=O) groups excluding carboxylic acids is 2. The molecule has 0 radical (unpaired) electrons. The molecule has 2 amide bonds. The van der Waals surface area contributed by atoms with Gasteiger partial charge in [-0.05, 0) is 44.9 Å². The number of nitrogens with one attached hydrogen (secondary N) is 1. The Morgan fingerprint density at radius 3 is 2.45 bits per heavy atom. The molecular formula is C19H31N5O4S. The quantitative estimate of drug-likeness (QED) is 0.690. The summed E-state index contributed by atoms with van der Waals surface area (Å²) in [4.78, 5) is 30.6. The van der Waals surface area contributed by atoms with Crippen molar-refractivity contribution in [2.45, 2.75) is 70.0 Å². The molecule has 9 nitrogen and oxygen atoms in total. The van der Waals surface area contributed by atoms with Crippen LogP contribution in [0.15, 0.2) is 12.7 Å². The molecule has 1 N–H and O–H groups in total. The highest BCUT2D eigenvalue weighted by Crippen LogP contribution is 2.28. The minimum Gasteiger partial charge on any atom is -0.353 e. The van der Waals surface area contributed by atoms with Crippen LogP contribution in [0, 0.1) is 5.92 Å². The van der Waals surface area contributed by atoms with Crippen molar-refractivity contribution in [1.82, 2.24) is 25.0 Å². The number of rotatable bonds is 7. The highest BCUT2D eigenvalue weighted by molar-refractivity contribution is 7.91. The van der Waals surface area contributed by atoms with Gasteiger partial charge in [0, 0.05) is 38.0 Å². The van der Waals surface area contributed by atoms with Crippen molar-refractivity contribution in [3.05, 3.63) is 12.7 Å². The summed E-state index contributed by atoms with van der Waals surface area (Å²) in [6, 6.07) is 0.150. The molecule has 0 bridgehead atoms. The highest BCUT2D eigenvalue weighted by Gasteiger charge is 2.33. The molecule has 1 saturated carbocycles. The summed E-state index contributed by atoms with van der Waals surface area (Å²) < 4.78 is 24.9. The molecule has 2 fully saturated rings. The number of hydrogen-bond donors (Lipinski definition) is 1. The summed E-state index contributed by atoms with van der Waals surface area (Å²) in [5.74, 6) is 0.474. The Kier molecular flexibility index (Phi) is 7.26. The first-order chi connectivity index (χ1) is 13.8. The topological polar surface area (TPSA) is 114 Å². The van der Waals surface area contributed by atoms with Gasteiger partial charge in [-0.15, -0.1) is 0 Å². The molecule has 0 unspecified atom stereocenters. The lowest BCUT2D eigenvalue weighted by Crippen LogP contribution is -2.46. The highest BCUT2D eigenvalue weighted by atomic mass is 32.2. The van der Waals surface area contributed by atoms with Crippen LogP contribution >= 0.6 is 0 Å². The summed E-state index contributed by atoms with van der Waals surface area (Å²) in [6.45, 7) is 0.670. The van der Waals surface area contributed by atoms with Crippen molar-refractivity contribution < 1.29 is 18.0 Å². The van der Waals surface area contributed by atoms with Crippen molar-refractivity contribution in [3.63, 3.8) is 0 Å². The molecule has 29 heavy (non-hydrogen) atoms. The average Bonchev–Trinajstić information content (AvgIpc) is 3.21. The Bertz CT molecular complexity index is 774. The van der Waals surface area contributed by atoms with Gasteiger partial charge < -0.3 is 10.2 Å². The molecule has 1 aromatic heterocycles. The van der Waals surface area contributed by atoms with Gasteiger partial charge in [-0.3, -0.25) is 14.3 Å². The van der Waals surface area contributed by atoms with Crippen molar-refractivity contribution in [3.8, 4) is 0 Å². The standard InChI is InChI=1S/C19H31N5O4S/c1-23(17-8-11-29(27,28)12-9-17)19(26)15-4-6-16(7-5-15)22-18(25)3-2-10-24-14-20-13-21-24/h13-17H,2-12H2,1H3,(H,22,25). The fourth-order valence-electron chi connectivity index (χ4n) is 4.27. The number of sulfone groups is 1. The van der Waals surface area contributed by atoms with E-state index >= 15 is 0 Å². The van der Waals surface area contributed by atoms with Crippen molar-refractivity contribution in [2.24, 2.45) is 5.92 Å². The second kappa shape index (κ2) is 9.69. The molecule has 3 rings (SSSR count). The van der Waals surface area contributed by atoms with Crippen LogP contribution in [0.5, 0.6) is 0 Å². The van der Waals surface area contributed by atoms with E-state index in [2.05, 4.69) is 15.4 Å². The van der Waals surface area contributed by atoms with Gasteiger partial charge in [0.05, 0.1) is 11.5 Å². The predicted octanol–water partition coefficient (Wildman–Crippen LogP) is 0.769. The number of nitrogens with zero attached hydrogens (tertiary/aromatic N) is 4. The third-order valence-electron chi connectivity index (χ3n) is 6.12. The first kappa shape index (κ1) is 21.7. The zero-order valence-electron chi connectivity index (χ0n) is 17.0. The predicted molar refractivity (Wildman–Crippen MR) is 108 cm³/mol. The monoisotopic (exact) mass is 425 g/mol. The fourth-order valence-corrected chi connectivity index (χ4v) is 5.73. The number of hydrogen-bond acceptors (Lipinski definition) is 6. The number of aryl methyl sites for hydroxylation is 1. The maximum Gasteiger partial charge on any atom is 0.225 e. The van der Waals surface area contributed by atoms with Crippen LogP contribution in [-0.2, 0) is 26.0 Å².